The maximum atomic E-state index is 5.37. The lowest BCUT2D eigenvalue weighted by Gasteiger charge is -2.34. The van der Waals surface area contributed by atoms with Gasteiger partial charge in [0.15, 0.2) is 0 Å². The van der Waals surface area contributed by atoms with Crippen molar-refractivity contribution in [3.05, 3.63) is 66.8 Å². The number of aromatic nitrogens is 2. The fourth-order valence-electron chi connectivity index (χ4n) is 4.06. The van der Waals surface area contributed by atoms with E-state index in [1.807, 2.05) is 11.7 Å². The SMILES string of the molecule is Cc1cc(-c2nn(C)c(=NC3(c4ccc(Br)c(C)c4)CCCCC3)s2)ccc1Br. The minimum absolute atomic E-state index is 0.152. The average molecular weight is 535 g/mol. The molecular formula is C23H25Br2N3S. The van der Waals surface area contributed by atoms with Crippen LogP contribution in [0.1, 0.15) is 48.8 Å². The van der Waals surface area contributed by atoms with Gasteiger partial charge in [-0.1, -0.05) is 80.7 Å². The van der Waals surface area contributed by atoms with E-state index in [9.17, 15) is 0 Å². The van der Waals surface area contributed by atoms with Gasteiger partial charge in [-0.25, -0.2) is 9.67 Å². The predicted molar refractivity (Wildman–Crippen MR) is 128 cm³/mol. The van der Waals surface area contributed by atoms with Crippen LogP contribution in [-0.4, -0.2) is 9.78 Å². The van der Waals surface area contributed by atoms with Crippen molar-refractivity contribution in [2.24, 2.45) is 12.0 Å². The van der Waals surface area contributed by atoms with Crippen molar-refractivity contribution in [3.8, 4) is 10.6 Å². The summed E-state index contributed by atoms with van der Waals surface area (Å²) in [5.74, 6) is 0. The molecule has 0 aliphatic heterocycles. The van der Waals surface area contributed by atoms with Crippen molar-refractivity contribution in [3.63, 3.8) is 0 Å². The van der Waals surface area contributed by atoms with Crippen molar-refractivity contribution in [1.82, 2.24) is 9.78 Å². The van der Waals surface area contributed by atoms with Crippen LogP contribution in [0, 0.1) is 13.8 Å². The van der Waals surface area contributed by atoms with Gasteiger partial charge in [0.1, 0.15) is 5.01 Å². The zero-order chi connectivity index (χ0) is 20.6. The number of hydrogen-bond acceptors (Lipinski definition) is 3. The van der Waals surface area contributed by atoms with Gasteiger partial charge >= 0.3 is 0 Å². The van der Waals surface area contributed by atoms with E-state index in [0.717, 1.165) is 37.2 Å². The van der Waals surface area contributed by atoms with Crippen LogP contribution >= 0.6 is 43.2 Å². The second kappa shape index (κ2) is 8.48. The molecule has 1 saturated carbocycles. The van der Waals surface area contributed by atoms with E-state index < -0.39 is 0 Å². The second-order valence-electron chi connectivity index (χ2n) is 7.95. The van der Waals surface area contributed by atoms with E-state index in [0.29, 0.717) is 0 Å². The minimum atomic E-state index is -0.152. The Kier molecular flexibility index (Phi) is 6.14. The normalized spacial score (nSPS) is 16.9. The molecule has 0 N–H and O–H groups in total. The molecule has 0 atom stereocenters. The lowest BCUT2D eigenvalue weighted by Crippen LogP contribution is -2.31. The molecule has 3 nitrogen and oxygen atoms in total. The summed E-state index contributed by atoms with van der Waals surface area (Å²) in [4.78, 5) is 6.36. The molecule has 0 saturated heterocycles. The van der Waals surface area contributed by atoms with Crippen molar-refractivity contribution in [2.45, 2.75) is 51.5 Å². The van der Waals surface area contributed by atoms with Gasteiger partial charge in [0.25, 0.3) is 0 Å². The Morgan fingerprint density at radius 2 is 1.62 bits per heavy atom. The zero-order valence-corrected chi connectivity index (χ0v) is 21.0. The summed E-state index contributed by atoms with van der Waals surface area (Å²) in [6, 6.07) is 13.1. The van der Waals surface area contributed by atoms with Gasteiger partial charge < -0.3 is 0 Å². The third-order valence-corrected chi connectivity index (χ3v) is 8.62. The molecular weight excluding hydrogens is 510 g/mol. The Morgan fingerprint density at radius 3 is 2.28 bits per heavy atom. The summed E-state index contributed by atoms with van der Waals surface area (Å²) in [6.45, 7) is 4.27. The fraction of sp³-hybridized carbons (Fsp3) is 0.391. The molecule has 4 rings (SSSR count). The highest BCUT2D eigenvalue weighted by Gasteiger charge is 2.34. The number of benzene rings is 2. The molecule has 6 heteroatoms. The Hall–Kier alpha value is -1.24. The highest BCUT2D eigenvalue weighted by atomic mass is 79.9. The van der Waals surface area contributed by atoms with Crippen LogP contribution in [0.4, 0.5) is 0 Å². The lowest BCUT2D eigenvalue weighted by molar-refractivity contribution is 0.296. The molecule has 0 radical (unpaired) electrons. The maximum absolute atomic E-state index is 5.37. The average Bonchev–Trinajstić information content (AvgIpc) is 3.07. The number of halogens is 2. The van der Waals surface area contributed by atoms with Crippen LogP contribution in [0.2, 0.25) is 0 Å². The summed E-state index contributed by atoms with van der Waals surface area (Å²) < 4.78 is 4.22. The van der Waals surface area contributed by atoms with E-state index in [2.05, 4.69) is 82.1 Å². The Labute approximate surface area is 193 Å². The molecule has 0 spiro atoms. The van der Waals surface area contributed by atoms with Gasteiger partial charge in [0.2, 0.25) is 4.80 Å². The lowest BCUT2D eigenvalue weighted by atomic mass is 9.77. The van der Waals surface area contributed by atoms with Crippen molar-refractivity contribution >= 4 is 43.2 Å². The van der Waals surface area contributed by atoms with Crippen LogP contribution in [0.25, 0.3) is 10.6 Å². The first kappa shape index (κ1) is 21.0. The van der Waals surface area contributed by atoms with Crippen LogP contribution in [0.15, 0.2) is 50.3 Å². The molecule has 29 heavy (non-hydrogen) atoms. The molecule has 3 aromatic rings. The van der Waals surface area contributed by atoms with E-state index >= 15 is 0 Å². The first-order chi connectivity index (χ1) is 13.9. The summed E-state index contributed by atoms with van der Waals surface area (Å²) in [5.41, 5.74) is 4.80. The molecule has 0 bridgehead atoms. The third-order valence-electron chi connectivity index (χ3n) is 5.80. The van der Waals surface area contributed by atoms with E-state index in [-0.39, 0.29) is 5.54 Å². The Balaban J connectivity index is 1.81. The first-order valence-corrected chi connectivity index (χ1v) is 12.4. The van der Waals surface area contributed by atoms with Crippen LogP contribution in [0.5, 0.6) is 0 Å². The molecule has 0 amide bonds. The predicted octanol–water partition coefficient (Wildman–Crippen LogP) is 7.05. The van der Waals surface area contributed by atoms with E-state index in [1.165, 1.54) is 36.0 Å². The molecule has 1 aromatic heterocycles. The summed E-state index contributed by atoms with van der Waals surface area (Å²) in [7, 11) is 2.01. The second-order valence-corrected chi connectivity index (χ2v) is 10.6. The first-order valence-electron chi connectivity index (χ1n) is 10.0. The number of nitrogens with zero attached hydrogens (tertiary/aromatic N) is 3. The molecule has 2 aromatic carbocycles. The molecule has 1 aliphatic carbocycles. The van der Waals surface area contributed by atoms with Gasteiger partial charge in [-0.3, -0.25) is 0 Å². The van der Waals surface area contributed by atoms with Gasteiger partial charge in [-0.2, -0.15) is 5.10 Å². The summed E-state index contributed by atoms with van der Waals surface area (Å²) in [5, 5.41) is 5.81. The van der Waals surface area contributed by atoms with Crippen molar-refractivity contribution in [1.29, 1.82) is 0 Å². The third kappa shape index (κ3) is 4.30. The molecule has 1 heterocycles. The maximum Gasteiger partial charge on any atom is 0.204 e. The number of rotatable bonds is 3. The highest BCUT2D eigenvalue weighted by molar-refractivity contribution is 9.10. The molecule has 152 valence electrons. The largest absolute Gasteiger partial charge is 0.246 e. The van der Waals surface area contributed by atoms with Gasteiger partial charge in [0, 0.05) is 21.6 Å². The van der Waals surface area contributed by atoms with Gasteiger partial charge in [0.05, 0.1) is 5.54 Å². The Morgan fingerprint density at radius 1 is 0.966 bits per heavy atom. The molecule has 1 aliphatic rings. The van der Waals surface area contributed by atoms with Crippen LogP contribution < -0.4 is 4.80 Å². The number of aryl methyl sites for hydroxylation is 3. The smallest absolute Gasteiger partial charge is 0.204 e. The van der Waals surface area contributed by atoms with E-state index in [4.69, 9.17) is 10.1 Å². The van der Waals surface area contributed by atoms with Crippen LogP contribution in [0.3, 0.4) is 0 Å². The monoisotopic (exact) mass is 533 g/mol. The van der Waals surface area contributed by atoms with Gasteiger partial charge in [-0.05, 0) is 61.6 Å². The summed E-state index contributed by atoms with van der Waals surface area (Å²) >= 11 is 8.91. The van der Waals surface area contributed by atoms with Crippen LogP contribution in [-0.2, 0) is 12.6 Å². The zero-order valence-electron chi connectivity index (χ0n) is 17.0. The Bertz CT molecular complexity index is 1110. The topological polar surface area (TPSA) is 30.2 Å². The van der Waals surface area contributed by atoms with E-state index in [1.54, 1.807) is 11.3 Å². The minimum Gasteiger partial charge on any atom is -0.246 e. The molecule has 1 fully saturated rings. The number of hydrogen-bond donors (Lipinski definition) is 0. The standard InChI is InChI=1S/C23H25Br2N3S/c1-15-13-17(7-9-19(15)24)21-27-28(3)22(29-21)26-23(11-5-4-6-12-23)18-8-10-20(25)16(2)14-18/h7-10,13-14H,4-6,11-12H2,1-3H3. The van der Waals surface area contributed by atoms with Crippen molar-refractivity contribution in [2.75, 3.05) is 0 Å². The van der Waals surface area contributed by atoms with Gasteiger partial charge in [-0.15, -0.1) is 0 Å². The molecule has 0 unspecified atom stereocenters. The summed E-state index contributed by atoms with van der Waals surface area (Å²) in [6.07, 6.45) is 5.93. The fourth-order valence-corrected chi connectivity index (χ4v) is 5.53. The quantitative estimate of drug-likeness (QED) is 0.354. The highest BCUT2D eigenvalue weighted by Crippen LogP contribution is 2.41. The van der Waals surface area contributed by atoms with Crippen molar-refractivity contribution < 1.29 is 0 Å².